The summed E-state index contributed by atoms with van der Waals surface area (Å²) in [5.74, 6) is 1.42. The molecule has 2 heterocycles. The second-order valence-electron chi connectivity index (χ2n) is 6.58. The summed E-state index contributed by atoms with van der Waals surface area (Å²) in [6, 6.07) is 6.11. The number of amides is 1. The number of carbonyl (C=O) groups excluding carboxylic acids is 1. The second kappa shape index (κ2) is 9.36. The van der Waals surface area contributed by atoms with E-state index in [0.29, 0.717) is 23.4 Å². The van der Waals surface area contributed by atoms with Crippen LogP contribution in [0.3, 0.4) is 0 Å². The Morgan fingerprint density at radius 2 is 2.03 bits per heavy atom. The quantitative estimate of drug-likeness (QED) is 0.541. The smallest absolute Gasteiger partial charge is 0.239 e. The zero-order chi connectivity index (χ0) is 21.0. The summed E-state index contributed by atoms with van der Waals surface area (Å²) in [5.41, 5.74) is 2.22. The van der Waals surface area contributed by atoms with Crippen molar-refractivity contribution in [2.24, 2.45) is 0 Å². The molecule has 0 saturated carbocycles. The van der Waals surface area contributed by atoms with Gasteiger partial charge in [0.05, 0.1) is 5.25 Å². The molecule has 29 heavy (non-hydrogen) atoms. The minimum absolute atomic E-state index is 0.148. The molecule has 0 aliphatic rings. The largest absolute Gasteiger partial charge is 0.485 e. The summed E-state index contributed by atoms with van der Waals surface area (Å²) >= 11 is 2.70. The van der Waals surface area contributed by atoms with Crippen molar-refractivity contribution < 1.29 is 9.53 Å². The fourth-order valence-electron chi connectivity index (χ4n) is 2.60. The van der Waals surface area contributed by atoms with E-state index in [2.05, 4.69) is 31.8 Å². The van der Waals surface area contributed by atoms with Crippen LogP contribution in [0.5, 0.6) is 5.75 Å². The van der Waals surface area contributed by atoms with Crippen LogP contribution in [-0.2, 0) is 17.9 Å². The lowest BCUT2D eigenvalue weighted by molar-refractivity contribution is -0.115. The Bertz CT molecular complexity index is 1000. The summed E-state index contributed by atoms with van der Waals surface area (Å²) in [4.78, 5) is 12.4. The topological polar surface area (TPSA) is 94.8 Å². The first-order chi connectivity index (χ1) is 13.9. The third kappa shape index (κ3) is 5.33. The molecular weight excluding hydrogens is 408 g/mol. The maximum absolute atomic E-state index is 12.4. The van der Waals surface area contributed by atoms with E-state index < -0.39 is 0 Å². The van der Waals surface area contributed by atoms with Crippen molar-refractivity contribution in [3.63, 3.8) is 0 Å². The molecule has 0 fully saturated rings. The van der Waals surface area contributed by atoms with Gasteiger partial charge in [0.15, 0.2) is 11.0 Å². The number of aryl methyl sites for hydroxylation is 3. The van der Waals surface area contributed by atoms with E-state index in [-0.39, 0.29) is 11.2 Å². The van der Waals surface area contributed by atoms with Crippen LogP contribution >= 0.6 is 23.1 Å². The molecule has 10 heteroatoms. The summed E-state index contributed by atoms with van der Waals surface area (Å²) in [7, 11) is 0. The molecule has 3 aromatic rings. The Balaban J connectivity index is 1.65. The van der Waals surface area contributed by atoms with E-state index in [9.17, 15) is 4.79 Å². The van der Waals surface area contributed by atoms with E-state index in [4.69, 9.17) is 4.74 Å². The highest BCUT2D eigenvalue weighted by Gasteiger charge is 2.21. The molecular formula is C19H24N6O2S2. The molecule has 0 radical (unpaired) electrons. The molecule has 154 valence electrons. The predicted molar refractivity (Wildman–Crippen MR) is 115 cm³/mol. The molecule has 0 saturated heterocycles. The second-order valence-corrected chi connectivity index (χ2v) is 9.07. The van der Waals surface area contributed by atoms with Crippen LogP contribution in [0.4, 0.5) is 5.13 Å². The van der Waals surface area contributed by atoms with E-state index in [1.54, 1.807) is 0 Å². The van der Waals surface area contributed by atoms with Crippen molar-refractivity contribution in [1.82, 2.24) is 25.0 Å². The standard InChI is InChI=1S/C19H24N6O2S2/c1-6-25-16(10-27-15-9-11(2)7-8-12(15)3)22-24-19(25)28-13(4)17(26)20-18-23-21-14(5)29-18/h7-9,13H,6,10H2,1-5H3,(H,20,23,26)/t13-/m1/s1. The highest BCUT2D eigenvalue weighted by atomic mass is 32.2. The van der Waals surface area contributed by atoms with Crippen molar-refractivity contribution in [3.05, 3.63) is 40.2 Å². The fourth-order valence-corrected chi connectivity index (χ4v) is 4.13. The number of hydrogen-bond acceptors (Lipinski definition) is 8. The first-order valence-electron chi connectivity index (χ1n) is 9.27. The molecule has 0 aliphatic heterocycles. The maximum Gasteiger partial charge on any atom is 0.239 e. The molecule has 0 unspecified atom stereocenters. The first kappa shape index (κ1) is 21.3. The molecule has 0 bridgehead atoms. The van der Waals surface area contributed by atoms with Crippen LogP contribution in [-0.4, -0.2) is 36.1 Å². The normalized spacial score (nSPS) is 12.0. The number of aromatic nitrogens is 5. The van der Waals surface area contributed by atoms with Gasteiger partial charge in [-0.1, -0.05) is 35.2 Å². The van der Waals surface area contributed by atoms with Crippen LogP contribution in [0.25, 0.3) is 0 Å². The average molecular weight is 433 g/mol. The monoisotopic (exact) mass is 432 g/mol. The molecule has 1 aromatic carbocycles. The fraction of sp³-hybridized carbons (Fsp3) is 0.421. The van der Waals surface area contributed by atoms with Gasteiger partial charge in [0.25, 0.3) is 0 Å². The number of benzene rings is 1. The Morgan fingerprint density at radius 3 is 2.72 bits per heavy atom. The van der Waals surface area contributed by atoms with Crippen LogP contribution in [0.1, 0.15) is 35.8 Å². The van der Waals surface area contributed by atoms with Crippen molar-refractivity contribution in [3.8, 4) is 5.75 Å². The lowest BCUT2D eigenvalue weighted by atomic mass is 10.1. The molecule has 0 aliphatic carbocycles. The lowest BCUT2D eigenvalue weighted by Gasteiger charge is -2.13. The molecule has 2 aromatic heterocycles. The molecule has 1 N–H and O–H groups in total. The molecule has 1 amide bonds. The number of nitrogens with zero attached hydrogens (tertiary/aromatic N) is 5. The number of carbonyl (C=O) groups is 1. The van der Waals surface area contributed by atoms with Gasteiger partial charge in [0.2, 0.25) is 11.0 Å². The Hall–Kier alpha value is -2.46. The predicted octanol–water partition coefficient (Wildman–Crippen LogP) is 3.77. The Morgan fingerprint density at radius 1 is 1.24 bits per heavy atom. The third-order valence-corrected chi connectivity index (χ3v) is 6.05. The van der Waals surface area contributed by atoms with Gasteiger partial charge in [-0.25, -0.2) is 0 Å². The molecule has 0 spiro atoms. The van der Waals surface area contributed by atoms with Gasteiger partial charge in [0, 0.05) is 6.54 Å². The average Bonchev–Trinajstić information content (AvgIpc) is 3.27. The lowest BCUT2D eigenvalue weighted by Crippen LogP contribution is -2.23. The summed E-state index contributed by atoms with van der Waals surface area (Å²) in [6.07, 6.45) is 0. The van der Waals surface area contributed by atoms with Crippen molar-refractivity contribution >= 4 is 34.1 Å². The van der Waals surface area contributed by atoms with Crippen molar-refractivity contribution in [2.45, 2.75) is 58.2 Å². The van der Waals surface area contributed by atoms with Gasteiger partial charge in [-0.2, -0.15) is 0 Å². The van der Waals surface area contributed by atoms with Gasteiger partial charge in [-0.3, -0.25) is 10.1 Å². The minimum atomic E-state index is -0.360. The molecule has 8 nitrogen and oxygen atoms in total. The van der Waals surface area contributed by atoms with Crippen molar-refractivity contribution in [1.29, 1.82) is 0 Å². The number of ether oxygens (including phenoxy) is 1. The Labute approximate surface area is 178 Å². The van der Waals surface area contributed by atoms with Crippen molar-refractivity contribution in [2.75, 3.05) is 5.32 Å². The van der Waals surface area contributed by atoms with E-state index in [0.717, 1.165) is 27.7 Å². The van der Waals surface area contributed by atoms with E-state index in [1.165, 1.54) is 23.1 Å². The maximum atomic E-state index is 12.4. The number of anilines is 1. The number of hydrogen-bond donors (Lipinski definition) is 1. The number of rotatable bonds is 8. The third-order valence-electron chi connectivity index (χ3n) is 4.22. The zero-order valence-corrected chi connectivity index (χ0v) is 18.7. The van der Waals surface area contributed by atoms with E-state index >= 15 is 0 Å². The number of nitrogens with one attached hydrogen (secondary N) is 1. The minimum Gasteiger partial charge on any atom is -0.485 e. The highest BCUT2D eigenvalue weighted by molar-refractivity contribution is 8.00. The van der Waals surface area contributed by atoms with Gasteiger partial charge in [-0.15, -0.1) is 20.4 Å². The first-order valence-corrected chi connectivity index (χ1v) is 11.0. The van der Waals surface area contributed by atoms with Crippen LogP contribution in [0.2, 0.25) is 0 Å². The van der Waals surface area contributed by atoms with Gasteiger partial charge >= 0.3 is 0 Å². The SMILES string of the molecule is CCn1c(COc2cc(C)ccc2C)nnc1S[C@H](C)C(=O)Nc1nnc(C)s1. The number of thioether (sulfide) groups is 1. The highest BCUT2D eigenvalue weighted by Crippen LogP contribution is 2.25. The summed E-state index contributed by atoms with van der Waals surface area (Å²) < 4.78 is 7.93. The van der Waals surface area contributed by atoms with Crippen LogP contribution in [0, 0.1) is 20.8 Å². The van der Waals surface area contributed by atoms with Crippen LogP contribution in [0.15, 0.2) is 23.4 Å². The molecule has 1 atom stereocenters. The van der Waals surface area contributed by atoms with E-state index in [1.807, 2.05) is 51.3 Å². The zero-order valence-electron chi connectivity index (χ0n) is 17.1. The summed E-state index contributed by atoms with van der Waals surface area (Å²) in [5, 5.41) is 20.8. The summed E-state index contributed by atoms with van der Waals surface area (Å²) in [6.45, 7) is 10.7. The Kier molecular flexibility index (Phi) is 6.86. The van der Waals surface area contributed by atoms with Gasteiger partial charge in [-0.05, 0) is 51.8 Å². The van der Waals surface area contributed by atoms with Crippen LogP contribution < -0.4 is 10.1 Å². The van der Waals surface area contributed by atoms with Gasteiger partial charge in [0.1, 0.15) is 17.4 Å². The molecule has 3 rings (SSSR count). The van der Waals surface area contributed by atoms with Gasteiger partial charge < -0.3 is 9.30 Å².